The molecule has 0 atom stereocenters. The van der Waals surface area contributed by atoms with Gasteiger partial charge in [-0.3, -0.25) is 4.99 Å². The van der Waals surface area contributed by atoms with Gasteiger partial charge in [0.2, 0.25) is 0 Å². The minimum atomic E-state index is -0.195. The Morgan fingerprint density at radius 3 is 2.75 bits per heavy atom. The molecule has 0 amide bonds. The van der Waals surface area contributed by atoms with Crippen LogP contribution >= 0.6 is 24.0 Å². The first-order valence-corrected chi connectivity index (χ1v) is 6.45. The van der Waals surface area contributed by atoms with Crippen molar-refractivity contribution < 1.29 is 4.39 Å². The van der Waals surface area contributed by atoms with Gasteiger partial charge < -0.3 is 10.2 Å². The van der Waals surface area contributed by atoms with E-state index in [1.807, 2.05) is 24.1 Å². The monoisotopic (exact) mass is 391 g/mol. The molecule has 0 saturated carbocycles. The molecule has 0 unspecified atom stereocenters. The third kappa shape index (κ3) is 6.36. The molecule has 1 N–H and O–H groups in total. The van der Waals surface area contributed by atoms with Gasteiger partial charge in [-0.15, -0.1) is 30.6 Å². The van der Waals surface area contributed by atoms with Crippen molar-refractivity contribution in [3.8, 4) is 0 Å². The van der Waals surface area contributed by atoms with E-state index in [9.17, 15) is 4.39 Å². The second kappa shape index (κ2) is 10.7. The zero-order valence-electron chi connectivity index (χ0n) is 12.1. The summed E-state index contributed by atoms with van der Waals surface area (Å²) in [6.07, 6.45) is 3.92. The Labute approximate surface area is 138 Å². The fourth-order valence-electron chi connectivity index (χ4n) is 1.78. The van der Waals surface area contributed by atoms with Crippen LogP contribution in [0.2, 0.25) is 0 Å². The van der Waals surface area contributed by atoms with Crippen molar-refractivity contribution in [1.82, 2.24) is 10.2 Å². The van der Waals surface area contributed by atoms with E-state index < -0.39 is 0 Å². The quantitative estimate of drug-likeness (QED) is 0.265. The highest BCUT2D eigenvalue weighted by atomic mass is 127. The Kier molecular flexibility index (Phi) is 10.1. The Bertz CT molecular complexity index is 435. The van der Waals surface area contributed by atoms with E-state index in [-0.39, 0.29) is 29.8 Å². The molecule has 0 aliphatic carbocycles. The van der Waals surface area contributed by atoms with Crippen LogP contribution in [0.4, 0.5) is 4.39 Å². The predicted molar refractivity (Wildman–Crippen MR) is 94.1 cm³/mol. The van der Waals surface area contributed by atoms with Crippen LogP contribution in [0.3, 0.4) is 0 Å². The molecule has 0 heterocycles. The molecule has 0 fully saturated rings. The zero-order chi connectivity index (χ0) is 14.1. The number of rotatable bonds is 6. The van der Waals surface area contributed by atoms with Gasteiger partial charge in [-0.25, -0.2) is 4.39 Å². The van der Waals surface area contributed by atoms with Crippen molar-refractivity contribution in [3.63, 3.8) is 0 Å². The summed E-state index contributed by atoms with van der Waals surface area (Å²) in [5.74, 6) is 0.576. The van der Waals surface area contributed by atoms with Crippen molar-refractivity contribution >= 4 is 29.9 Å². The Hall–Kier alpha value is -1.11. The molecule has 0 aliphatic rings. The van der Waals surface area contributed by atoms with E-state index in [4.69, 9.17) is 0 Å². The van der Waals surface area contributed by atoms with Gasteiger partial charge in [-0.2, -0.15) is 0 Å². The minimum Gasteiger partial charge on any atom is -0.352 e. The van der Waals surface area contributed by atoms with E-state index in [1.165, 1.54) is 6.07 Å². The van der Waals surface area contributed by atoms with Crippen LogP contribution in [0.5, 0.6) is 0 Å². The summed E-state index contributed by atoms with van der Waals surface area (Å²) in [6, 6.07) is 6.76. The van der Waals surface area contributed by atoms with Gasteiger partial charge in [0.25, 0.3) is 0 Å². The van der Waals surface area contributed by atoms with Crippen LogP contribution in [0.15, 0.2) is 41.9 Å². The van der Waals surface area contributed by atoms with E-state index in [2.05, 4.69) is 16.9 Å². The molecule has 0 radical (unpaired) electrons. The maximum absolute atomic E-state index is 13.5. The molecule has 112 valence electrons. The molecule has 5 heteroatoms. The summed E-state index contributed by atoms with van der Waals surface area (Å²) < 4.78 is 13.5. The number of aliphatic imine (C=N–C) groups is 1. The van der Waals surface area contributed by atoms with Crippen molar-refractivity contribution in [3.05, 3.63) is 48.3 Å². The number of nitrogens with one attached hydrogen (secondary N) is 1. The average Bonchev–Trinajstić information content (AvgIpc) is 2.41. The van der Waals surface area contributed by atoms with Crippen LogP contribution in [-0.2, 0) is 6.54 Å². The summed E-state index contributed by atoms with van der Waals surface area (Å²) in [5, 5.41) is 3.16. The molecule has 1 aromatic rings. The second-order valence-electron chi connectivity index (χ2n) is 4.34. The first-order chi connectivity index (χ1) is 9.19. The number of allylic oxidation sites excluding steroid dienone is 1. The van der Waals surface area contributed by atoms with Crippen LogP contribution < -0.4 is 5.32 Å². The number of hydrogen-bond donors (Lipinski definition) is 1. The second-order valence-corrected chi connectivity index (χ2v) is 4.34. The van der Waals surface area contributed by atoms with Gasteiger partial charge in [0.05, 0.1) is 0 Å². The van der Waals surface area contributed by atoms with Crippen molar-refractivity contribution in [1.29, 1.82) is 0 Å². The standard InChI is InChI=1S/C15H22FN3.HI/c1-4-5-8-11-19(3)15(17-2)18-12-13-9-6-7-10-14(13)16;/h4,6-7,9-10H,1,5,8,11-12H2,2-3H3,(H,17,18);1H. The van der Waals surface area contributed by atoms with Crippen LogP contribution in [-0.4, -0.2) is 31.5 Å². The minimum absolute atomic E-state index is 0. The number of hydrogen-bond acceptors (Lipinski definition) is 1. The average molecular weight is 391 g/mol. The van der Waals surface area contributed by atoms with E-state index >= 15 is 0 Å². The molecular formula is C15H23FIN3. The molecule has 1 aromatic carbocycles. The topological polar surface area (TPSA) is 27.6 Å². The number of unbranched alkanes of at least 4 members (excludes halogenated alkanes) is 1. The first kappa shape index (κ1) is 18.9. The molecule has 1 rings (SSSR count). The lowest BCUT2D eigenvalue weighted by Crippen LogP contribution is -2.39. The lowest BCUT2D eigenvalue weighted by atomic mass is 10.2. The molecular weight excluding hydrogens is 368 g/mol. The van der Waals surface area contributed by atoms with E-state index in [1.54, 1.807) is 19.2 Å². The Balaban J connectivity index is 0.00000361. The van der Waals surface area contributed by atoms with Gasteiger partial charge in [0.1, 0.15) is 5.82 Å². The fraction of sp³-hybridized carbons (Fsp3) is 0.400. The fourth-order valence-corrected chi connectivity index (χ4v) is 1.78. The molecule has 0 saturated heterocycles. The summed E-state index contributed by atoms with van der Waals surface area (Å²) >= 11 is 0. The van der Waals surface area contributed by atoms with Crippen molar-refractivity contribution in [2.24, 2.45) is 4.99 Å². The van der Waals surface area contributed by atoms with Crippen LogP contribution in [0.1, 0.15) is 18.4 Å². The molecule has 20 heavy (non-hydrogen) atoms. The largest absolute Gasteiger partial charge is 0.352 e. The summed E-state index contributed by atoms with van der Waals surface area (Å²) in [6.45, 7) is 5.03. The lowest BCUT2D eigenvalue weighted by molar-refractivity contribution is 0.468. The van der Waals surface area contributed by atoms with Gasteiger partial charge in [-0.05, 0) is 18.9 Å². The first-order valence-electron chi connectivity index (χ1n) is 6.45. The Morgan fingerprint density at radius 2 is 2.15 bits per heavy atom. The number of nitrogens with zero attached hydrogens (tertiary/aromatic N) is 2. The molecule has 0 aliphatic heterocycles. The van der Waals surface area contributed by atoms with E-state index in [0.717, 1.165) is 25.3 Å². The summed E-state index contributed by atoms with van der Waals surface area (Å²) in [7, 11) is 3.70. The summed E-state index contributed by atoms with van der Waals surface area (Å²) in [4.78, 5) is 6.23. The predicted octanol–water partition coefficient (Wildman–Crippen LogP) is 3.42. The SMILES string of the molecule is C=CCCCN(C)C(=NC)NCc1ccccc1F.I. The normalized spacial score (nSPS) is 10.7. The van der Waals surface area contributed by atoms with Gasteiger partial charge >= 0.3 is 0 Å². The highest BCUT2D eigenvalue weighted by Crippen LogP contribution is 2.05. The number of halogens is 2. The van der Waals surface area contributed by atoms with Crippen LogP contribution in [0, 0.1) is 5.82 Å². The third-order valence-electron chi connectivity index (χ3n) is 2.87. The maximum Gasteiger partial charge on any atom is 0.193 e. The number of guanidine groups is 1. The maximum atomic E-state index is 13.5. The molecule has 0 spiro atoms. The molecule has 0 bridgehead atoms. The van der Waals surface area contributed by atoms with Gasteiger partial charge in [-0.1, -0.05) is 24.3 Å². The number of benzene rings is 1. The highest BCUT2D eigenvalue weighted by molar-refractivity contribution is 14.0. The highest BCUT2D eigenvalue weighted by Gasteiger charge is 2.06. The molecule has 0 aromatic heterocycles. The smallest absolute Gasteiger partial charge is 0.193 e. The van der Waals surface area contributed by atoms with Crippen molar-refractivity contribution in [2.75, 3.05) is 20.6 Å². The Morgan fingerprint density at radius 1 is 1.45 bits per heavy atom. The van der Waals surface area contributed by atoms with E-state index in [0.29, 0.717) is 12.1 Å². The molecule has 3 nitrogen and oxygen atoms in total. The van der Waals surface area contributed by atoms with Gasteiger partial charge in [0, 0.05) is 32.7 Å². The van der Waals surface area contributed by atoms with Crippen molar-refractivity contribution in [2.45, 2.75) is 19.4 Å². The summed E-state index contributed by atoms with van der Waals surface area (Å²) in [5.41, 5.74) is 0.642. The zero-order valence-corrected chi connectivity index (χ0v) is 14.4. The lowest BCUT2D eigenvalue weighted by Gasteiger charge is -2.22. The van der Waals surface area contributed by atoms with Gasteiger partial charge in [0.15, 0.2) is 5.96 Å². The third-order valence-corrected chi connectivity index (χ3v) is 2.87. The van der Waals surface area contributed by atoms with Crippen LogP contribution in [0.25, 0.3) is 0 Å².